The molecule has 1 saturated carbocycles. The van der Waals surface area contributed by atoms with Crippen molar-refractivity contribution in [2.45, 2.75) is 31.9 Å². The normalized spacial score (nSPS) is 29.9. The molecule has 4 atom stereocenters. The average Bonchev–Trinajstić information content (AvgIpc) is 2.96. The summed E-state index contributed by atoms with van der Waals surface area (Å²) in [7, 11) is 0. The van der Waals surface area contributed by atoms with Gasteiger partial charge in [0.1, 0.15) is 5.69 Å². The van der Waals surface area contributed by atoms with Gasteiger partial charge in [-0.05, 0) is 25.0 Å². The average molecular weight is 296 g/mol. The third-order valence-corrected chi connectivity index (χ3v) is 5.13. The second-order valence-electron chi connectivity index (χ2n) is 6.25. The van der Waals surface area contributed by atoms with E-state index in [0.717, 1.165) is 30.4 Å². The fraction of sp³-hybridized carbons (Fsp3) is 0.444. The summed E-state index contributed by atoms with van der Waals surface area (Å²) < 4.78 is 5.76. The molecule has 0 radical (unpaired) electrons. The highest BCUT2D eigenvalue weighted by atomic mass is 16.5. The summed E-state index contributed by atoms with van der Waals surface area (Å²) in [4.78, 5) is 17.0. The van der Waals surface area contributed by atoms with Crippen LogP contribution in [0.25, 0.3) is 10.9 Å². The minimum absolute atomic E-state index is 0.0699. The van der Waals surface area contributed by atoms with Crippen LogP contribution in [0, 0.1) is 11.8 Å². The molecular formula is C18H20N2O2. The van der Waals surface area contributed by atoms with Gasteiger partial charge >= 0.3 is 0 Å². The number of amides is 1. The number of carbonyl (C=O) groups excluding carboxylic acids is 1. The van der Waals surface area contributed by atoms with E-state index in [0.29, 0.717) is 23.6 Å². The van der Waals surface area contributed by atoms with Gasteiger partial charge in [0.25, 0.3) is 5.91 Å². The number of hydrogen-bond donors (Lipinski definition) is 1. The molecule has 1 aromatic heterocycles. The van der Waals surface area contributed by atoms with Crippen molar-refractivity contribution in [2.75, 3.05) is 6.61 Å². The molecule has 1 aromatic carbocycles. The Morgan fingerprint density at radius 3 is 3.05 bits per heavy atom. The summed E-state index contributed by atoms with van der Waals surface area (Å²) in [6.45, 7) is 2.99. The highest BCUT2D eigenvalue weighted by molar-refractivity contribution is 5.95. The molecule has 2 fully saturated rings. The summed E-state index contributed by atoms with van der Waals surface area (Å²) >= 11 is 0. The Bertz CT molecular complexity index is 715. The number of ether oxygens (including phenoxy) is 1. The zero-order valence-corrected chi connectivity index (χ0v) is 12.7. The van der Waals surface area contributed by atoms with E-state index in [-0.39, 0.29) is 11.9 Å². The fourth-order valence-corrected chi connectivity index (χ4v) is 3.95. The maximum atomic E-state index is 12.5. The molecule has 0 spiro atoms. The van der Waals surface area contributed by atoms with Gasteiger partial charge in [0.2, 0.25) is 0 Å². The second-order valence-corrected chi connectivity index (χ2v) is 6.25. The molecule has 4 heteroatoms. The molecule has 2 heterocycles. The van der Waals surface area contributed by atoms with Crippen molar-refractivity contribution in [3.05, 3.63) is 42.1 Å². The first kappa shape index (κ1) is 13.7. The Morgan fingerprint density at radius 2 is 2.18 bits per heavy atom. The number of carbonyl (C=O) groups is 1. The molecule has 1 aliphatic heterocycles. The topological polar surface area (TPSA) is 51.2 Å². The first-order valence-corrected chi connectivity index (χ1v) is 8.06. The molecule has 0 unspecified atom stereocenters. The van der Waals surface area contributed by atoms with Crippen molar-refractivity contribution in [1.29, 1.82) is 0 Å². The third kappa shape index (κ3) is 2.10. The molecule has 1 N–H and O–H groups in total. The second kappa shape index (κ2) is 5.36. The number of aromatic nitrogens is 1. The van der Waals surface area contributed by atoms with Gasteiger partial charge in [-0.3, -0.25) is 4.79 Å². The van der Waals surface area contributed by atoms with Crippen molar-refractivity contribution in [3.63, 3.8) is 0 Å². The van der Waals surface area contributed by atoms with Crippen LogP contribution in [0.1, 0.15) is 30.3 Å². The maximum absolute atomic E-state index is 12.5. The summed E-state index contributed by atoms with van der Waals surface area (Å²) in [6, 6.07) is 11.9. The molecule has 4 rings (SSSR count). The SMILES string of the molecule is CC[C@@H]1[C@H](NC(=O)c2ccc3ccccc3n2)[C@@H]2CCO[C@H]12. The summed E-state index contributed by atoms with van der Waals surface area (Å²) in [6.07, 6.45) is 2.44. The van der Waals surface area contributed by atoms with E-state index in [2.05, 4.69) is 17.2 Å². The van der Waals surface area contributed by atoms with Crippen molar-refractivity contribution in [2.24, 2.45) is 11.8 Å². The van der Waals surface area contributed by atoms with E-state index < -0.39 is 0 Å². The van der Waals surface area contributed by atoms with Gasteiger partial charge in [0.05, 0.1) is 11.6 Å². The van der Waals surface area contributed by atoms with Gasteiger partial charge in [0, 0.05) is 29.9 Å². The predicted molar refractivity (Wildman–Crippen MR) is 84.6 cm³/mol. The molecule has 1 amide bonds. The maximum Gasteiger partial charge on any atom is 0.270 e. The van der Waals surface area contributed by atoms with Crippen molar-refractivity contribution < 1.29 is 9.53 Å². The highest BCUT2D eigenvalue weighted by Crippen LogP contribution is 2.45. The first-order chi connectivity index (χ1) is 10.8. The highest BCUT2D eigenvalue weighted by Gasteiger charge is 2.53. The minimum atomic E-state index is -0.0699. The lowest BCUT2D eigenvalue weighted by atomic mass is 9.65. The van der Waals surface area contributed by atoms with E-state index in [1.807, 2.05) is 30.3 Å². The molecule has 1 aliphatic carbocycles. The summed E-state index contributed by atoms with van der Waals surface area (Å²) in [5.41, 5.74) is 1.36. The van der Waals surface area contributed by atoms with E-state index in [1.165, 1.54) is 0 Å². The third-order valence-electron chi connectivity index (χ3n) is 5.13. The lowest BCUT2D eigenvalue weighted by molar-refractivity contribution is -0.0545. The number of nitrogens with one attached hydrogen (secondary N) is 1. The van der Waals surface area contributed by atoms with E-state index in [1.54, 1.807) is 6.07 Å². The number of fused-ring (bicyclic) bond motifs is 2. The molecule has 2 aliphatic rings. The Morgan fingerprint density at radius 1 is 1.32 bits per heavy atom. The van der Waals surface area contributed by atoms with Crippen LogP contribution in [0.5, 0.6) is 0 Å². The van der Waals surface area contributed by atoms with Crippen LogP contribution in [-0.4, -0.2) is 29.6 Å². The number of para-hydroxylation sites is 1. The van der Waals surface area contributed by atoms with Gasteiger partial charge < -0.3 is 10.1 Å². The largest absolute Gasteiger partial charge is 0.377 e. The van der Waals surface area contributed by atoms with E-state index in [4.69, 9.17) is 4.74 Å². The van der Waals surface area contributed by atoms with Crippen LogP contribution in [-0.2, 0) is 4.74 Å². The predicted octanol–water partition coefficient (Wildman–Crippen LogP) is 2.78. The molecule has 1 saturated heterocycles. The quantitative estimate of drug-likeness (QED) is 0.947. The molecule has 114 valence electrons. The van der Waals surface area contributed by atoms with Crippen LogP contribution in [0.4, 0.5) is 0 Å². The lowest BCUT2D eigenvalue weighted by Gasteiger charge is -2.47. The van der Waals surface area contributed by atoms with Crippen molar-refractivity contribution in [3.8, 4) is 0 Å². The first-order valence-electron chi connectivity index (χ1n) is 8.06. The van der Waals surface area contributed by atoms with Crippen LogP contribution in [0.2, 0.25) is 0 Å². The van der Waals surface area contributed by atoms with Crippen molar-refractivity contribution >= 4 is 16.8 Å². The number of hydrogen-bond acceptors (Lipinski definition) is 3. The molecular weight excluding hydrogens is 276 g/mol. The Hall–Kier alpha value is -1.94. The number of benzene rings is 1. The van der Waals surface area contributed by atoms with Crippen molar-refractivity contribution in [1.82, 2.24) is 10.3 Å². The smallest absolute Gasteiger partial charge is 0.270 e. The summed E-state index contributed by atoms with van der Waals surface area (Å²) in [5.74, 6) is 0.853. The van der Waals surface area contributed by atoms with Gasteiger partial charge in [-0.15, -0.1) is 0 Å². The monoisotopic (exact) mass is 296 g/mol. The van der Waals surface area contributed by atoms with Crippen LogP contribution in [0.15, 0.2) is 36.4 Å². The minimum Gasteiger partial charge on any atom is -0.377 e. The van der Waals surface area contributed by atoms with Gasteiger partial charge in [0.15, 0.2) is 0 Å². The molecule has 22 heavy (non-hydrogen) atoms. The van der Waals surface area contributed by atoms with E-state index in [9.17, 15) is 4.79 Å². The van der Waals surface area contributed by atoms with Crippen LogP contribution in [0.3, 0.4) is 0 Å². The number of nitrogens with zero attached hydrogens (tertiary/aromatic N) is 1. The fourth-order valence-electron chi connectivity index (χ4n) is 3.95. The molecule has 2 aromatic rings. The Kier molecular flexibility index (Phi) is 3.34. The van der Waals surface area contributed by atoms with E-state index >= 15 is 0 Å². The zero-order valence-electron chi connectivity index (χ0n) is 12.7. The van der Waals surface area contributed by atoms with Gasteiger partial charge in [-0.25, -0.2) is 4.98 Å². The summed E-state index contributed by atoms with van der Waals surface area (Å²) in [5, 5.41) is 4.24. The molecule has 0 bridgehead atoms. The zero-order chi connectivity index (χ0) is 15.1. The van der Waals surface area contributed by atoms with Gasteiger partial charge in [-0.1, -0.05) is 31.2 Å². The standard InChI is InChI=1S/C18H20N2O2/c1-2-12-16(13-9-10-22-17(12)13)20-18(21)15-8-7-11-5-3-4-6-14(11)19-15/h3-8,12-13,16-17H,2,9-10H2,1H3,(H,20,21)/t12-,13+,16+,17-/m1/s1. The van der Waals surface area contributed by atoms with Gasteiger partial charge in [-0.2, -0.15) is 0 Å². The number of pyridine rings is 1. The van der Waals surface area contributed by atoms with Crippen LogP contribution >= 0.6 is 0 Å². The molecule has 4 nitrogen and oxygen atoms in total. The number of rotatable bonds is 3. The van der Waals surface area contributed by atoms with Crippen LogP contribution < -0.4 is 5.32 Å². The lowest BCUT2D eigenvalue weighted by Crippen LogP contribution is -2.61. The Balaban J connectivity index is 1.53. The Labute approximate surface area is 129 Å².